The van der Waals surface area contributed by atoms with Crippen molar-refractivity contribution in [2.75, 3.05) is 13.2 Å². The molecule has 2 atom stereocenters. The molecule has 0 bridgehead atoms. The maximum atomic E-state index is 14.9. The molecule has 1 aliphatic heterocycles. The van der Waals surface area contributed by atoms with E-state index in [0.717, 1.165) is 43.4 Å². The summed E-state index contributed by atoms with van der Waals surface area (Å²) in [5.41, 5.74) is 1.61. The highest BCUT2D eigenvalue weighted by Gasteiger charge is 2.23. The molecule has 3 aromatic rings. The van der Waals surface area contributed by atoms with Crippen molar-refractivity contribution in [3.63, 3.8) is 0 Å². The number of allylic oxidation sites excluding steroid dienone is 1. The predicted octanol–water partition coefficient (Wildman–Crippen LogP) is 8.53. The van der Waals surface area contributed by atoms with Gasteiger partial charge in [-0.3, -0.25) is 0 Å². The highest BCUT2D eigenvalue weighted by atomic mass is 19.2. The molecule has 0 aromatic heterocycles. The lowest BCUT2D eigenvalue weighted by molar-refractivity contribution is -0.0190. The van der Waals surface area contributed by atoms with Crippen LogP contribution in [0, 0.1) is 29.2 Å². The molecule has 1 heterocycles. The Balaban J connectivity index is 1.39. The van der Waals surface area contributed by atoms with E-state index in [2.05, 4.69) is 6.58 Å². The predicted molar refractivity (Wildman–Crippen MR) is 138 cm³/mol. The molecule has 1 aliphatic rings. The van der Waals surface area contributed by atoms with Crippen molar-refractivity contribution in [3.05, 3.63) is 101 Å². The quantitative estimate of drug-likeness (QED) is 0.200. The van der Waals surface area contributed by atoms with Gasteiger partial charge in [-0.1, -0.05) is 42.5 Å². The molecule has 4 rings (SSSR count). The van der Waals surface area contributed by atoms with Crippen LogP contribution in [0.5, 0.6) is 5.75 Å². The van der Waals surface area contributed by atoms with Gasteiger partial charge < -0.3 is 9.47 Å². The van der Waals surface area contributed by atoms with Gasteiger partial charge in [0.2, 0.25) is 5.82 Å². The normalized spacial score (nSPS) is 17.5. The number of aryl methyl sites for hydroxylation is 2. The highest BCUT2D eigenvalue weighted by molar-refractivity contribution is 5.66. The van der Waals surface area contributed by atoms with E-state index >= 15 is 0 Å². The molecule has 0 radical (unpaired) electrons. The fourth-order valence-corrected chi connectivity index (χ4v) is 4.83. The average molecular weight is 513 g/mol. The van der Waals surface area contributed by atoms with E-state index in [-0.39, 0.29) is 41.6 Å². The van der Waals surface area contributed by atoms with E-state index in [4.69, 9.17) is 9.47 Å². The van der Waals surface area contributed by atoms with Crippen molar-refractivity contribution in [3.8, 4) is 16.9 Å². The number of hydrogen-bond acceptors (Lipinski definition) is 2. The van der Waals surface area contributed by atoms with Gasteiger partial charge in [0.15, 0.2) is 23.2 Å². The van der Waals surface area contributed by atoms with Gasteiger partial charge in [-0.15, -0.1) is 6.58 Å². The van der Waals surface area contributed by atoms with Gasteiger partial charge in [-0.25, -0.2) is 13.2 Å². The van der Waals surface area contributed by atoms with Crippen LogP contribution in [-0.4, -0.2) is 13.2 Å². The molecule has 0 N–H and O–H groups in total. The topological polar surface area (TPSA) is 18.5 Å². The third-order valence-electron chi connectivity index (χ3n) is 6.98. The van der Waals surface area contributed by atoms with Crippen LogP contribution >= 0.6 is 0 Å². The van der Waals surface area contributed by atoms with E-state index in [1.165, 1.54) is 24.3 Å². The van der Waals surface area contributed by atoms with Gasteiger partial charge in [-0.05, 0) is 80.2 Å². The number of benzene rings is 3. The Hall–Kier alpha value is -3.12. The van der Waals surface area contributed by atoms with Crippen LogP contribution in [0.15, 0.2) is 61.2 Å². The molecule has 37 heavy (non-hydrogen) atoms. The second kappa shape index (κ2) is 12.4. The molecule has 3 aromatic carbocycles. The molecule has 196 valence electrons. The molecule has 1 fully saturated rings. The third-order valence-corrected chi connectivity index (χ3v) is 6.98. The van der Waals surface area contributed by atoms with Crippen molar-refractivity contribution < 1.29 is 27.0 Å². The minimum atomic E-state index is -1.27. The molecular formula is C31H32F4O2. The lowest BCUT2D eigenvalue weighted by Crippen LogP contribution is -2.20. The summed E-state index contributed by atoms with van der Waals surface area (Å²) in [6, 6.07) is 13.2. The summed E-state index contributed by atoms with van der Waals surface area (Å²) in [5, 5.41) is 0. The van der Waals surface area contributed by atoms with E-state index in [0.29, 0.717) is 12.3 Å². The second-order valence-electron chi connectivity index (χ2n) is 9.45. The van der Waals surface area contributed by atoms with Crippen LogP contribution in [0.1, 0.15) is 55.4 Å². The summed E-state index contributed by atoms with van der Waals surface area (Å²) in [4.78, 5) is 0. The standard InChI is InChI=1S/C31H32F4O2/c1-3-5-6-21-10-17-26(37-19-21)22-11-7-20(8-12-22)9-13-23-14-15-24(29(33)28(23)32)25-16-18-27(36-4-2)31(35)30(25)34/h3,7-8,11-12,14-16,18,21,26H,1,4-6,9-10,13,17,19H2,2H3. The van der Waals surface area contributed by atoms with Crippen molar-refractivity contribution >= 4 is 0 Å². The Morgan fingerprint density at radius 1 is 0.865 bits per heavy atom. The fourth-order valence-electron chi connectivity index (χ4n) is 4.83. The van der Waals surface area contributed by atoms with Gasteiger partial charge >= 0.3 is 0 Å². The first-order chi connectivity index (χ1) is 17.9. The number of halogens is 4. The van der Waals surface area contributed by atoms with Crippen LogP contribution in [-0.2, 0) is 17.6 Å². The minimum absolute atomic E-state index is 0.0842. The molecular weight excluding hydrogens is 480 g/mol. The van der Waals surface area contributed by atoms with Gasteiger partial charge in [0.25, 0.3) is 0 Å². The van der Waals surface area contributed by atoms with Gasteiger partial charge in [-0.2, -0.15) is 4.39 Å². The van der Waals surface area contributed by atoms with E-state index in [9.17, 15) is 17.6 Å². The van der Waals surface area contributed by atoms with Crippen LogP contribution in [0.4, 0.5) is 17.6 Å². The highest BCUT2D eigenvalue weighted by Crippen LogP contribution is 2.34. The Bertz CT molecular complexity index is 1210. The molecule has 2 nitrogen and oxygen atoms in total. The van der Waals surface area contributed by atoms with Crippen molar-refractivity contribution in [1.29, 1.82) is 0 Å². The number of rotatable bonds is 10. The Morgan fingerprint density at radius 2 is 1.57 bits per heavy atom. The van der Waals surface area contributed by atoms with Crippen molar-refractivity contribution in [2.24, 2.45) is 5.92 Å². The average Bonchev–Trinajstić information content (AvgIpc) is 2.92. The van der Waals surface area contributed by atoms with E-state index in [1.54, 1.807) is 6.92 Å². The molecule has 0 amide bonds. The Labute approximate surface area is 215 Å². The van der Waals surface area contributed by atoms with E-state index in [1.807, 2.05) is 30.3 Å². The fraction of sp³-hybridized carbons (Fsp3) is 0.355. The smallest absolute Gasteiger partial charge is 0.201 e. The minimum Gasteiger partial charge on any atom is -0.491 e. The van der Waals surface area contributed by atoms with Crippen molar-refractivity contribution in [2.45, 2.75) is 51.6 Å². The third kappa shape index (κ3) is 6.24. The Morgan fingerprint density at radius 3 is 2.22 bits per heavy atom. The molecule has 0 spiro atoms. The second-order valence-corrected chi connectivity index (χ2v) is 9.45. The van der Waals surface area contributed by atoms with Gasteiger partial charge in [0.05, 0.1) is 19.3 Å². The van der Waals surface area contributed by atoms with E-state index < -0.39 is 23.3 Å². The lowest BCUT2D eigenvalue weighted by Gasteiger charge is -2.29. The summed E-state index contributed by atoms with van der Waals surface area (Å²) in [5.74, 6) is -4.43. The van der Waals surface area contributed by atoms with Crippen molar-refractivity contribution in [1.82, 2.24) is 0 Å². The summed E-state index contributed by atoms with van der Waals surface area (Å²) in [6.45, 7) is 6.33. The molecule has 2 unspecified atom stereocenters. The summed E-state index contributed by atoms with van der Waals surface area (Å²) >= 11 is 0. The van der Waals surface area contributed by atoms with Gasteiger partial charge in [0, 0.05) is 11.1 Å². The first-order valence-corrected chi connectivity index (χ1v) is 12.8. The zero-order chi connectivity index (χ0) is 26.4. The van der Waals surface area contributed by atoms with Crippen LogP contribution in [0.25, 0.3) is 11.1 Å². The summed E-state index contributed by atoms with van der Waals surface area (Å²) < 4.78 is 69.6. The molecule has 6 heteroatoms. The van der Waals surface area contributed by atoms with Gasteiger partial charge in [0.1, 0.15) is 0 Å². The van der Waals surface area contributed by atoms with Crippen LogP contribution < -0.4 is 4.74 Å². The SMILES string of the molecule is C=CCCC1CCC(c2ccc(CCc3ccc(-c4ccc(OCC)c(F)c4F)c(F)c3F)cc2)OC1. The summed E-state index contributed by atoms with van der Waals surface area (Å²) in [6.07, 6.45) is 7.05. The first-order valence-electron chi connectivity index (χ1n) is 12.8. The summed E-state index contributed by atoms with van der Waals surface area (Å²) in [7, 11) is 0. The lowest BCUT2D eigenvalue weighted by atomic mass is 9.91. The first kappa shape index (κ1) is 26.9. The zero-order valence-corrected chi connectivity index (χ0v) is 21.0. The Kier molecular flexibility index (Phi) is 9.04. The maximum Gasteiger partial charge on any atom is 0.201 e. The number of ether oxygens (including phenoxy) is 2. The van der Waals surface area contributed by atoms with Crippen LogP contribution in [0.2, 0.25) is 0 Å². The monoisotopic (exact) mass is 512 g/mol. The van der Waals surface area contributed by atoms with Crippen LogP contribution in [0.3, 0.4) is 0 Å². The molecule has 0 saturated carbocycles. The zero-order valence-electron chi connectivity index (χ0n) is 21.0. The number of hydrogen-bond donors (Lipinski definition) is 0. The largest absolute Gasteiger partial charge is 0.491 e. The molecule has 0 aliphatic carbocycles. The molecule has 1 saturated heterocycles. The maximum absolute atomic E-state index is 14.9.